The van der Waals surface area contributed by atoms with Crippen LogP contribution >= 0.6 is 11.8 Å². The van der Waals surface area contributed by atoms with Gasteiger partial charge < -0.3 is 5.11 Å². The first kappa shape index (κ1) is 14.9. The van der Waals surface area contributed by atoms with Crippen LogP contribution in [0.15, 0.2) is 47.4 Å². The molecule has 1 unspecified atom stereocenters. The predicted molar refractivity (Wildman–Crippen MR) is 73.2 cm³/mol. The molecule has 0 aliphatic heterocycles. The molecule has 1 N–H and O–H groups in total. The van der Waals surface area contributed by atoms with Crippen molar-refractivity contribution in [1.29, 1.82) is 0 Å². The Bertz CT molecular complexity index is 569. The molecule has 0 aliphatic carbocycles. The molecule has 0 heterocycles. The first-order valence-corrected chi connectivity index (χ1v) is 7.03. The molecule has 1 nitrogen and oxygen atoms in total. The Morgan fingerprint density at radius 3 is 2.30 bits per heavy atom. The average molecular weight is 298 g/mol. The maximum Gasteiger partial charge on any atom is 0.126 e. The second kappa shape index (κ2) is 6.81. The summed E-state index contributed by atoms with van der Waals surface area (Å²) in [5, 5.41) is 9.86. The molecule has 0 bridgehead atoms. The number of halogens is 3. The number of aliphatic hydroxyl groups is 1. The fourth-order valence-corrected chi connectivity index (χ4v) is 2.68. The van der Waals surface area contributed by atoms with Crippen molar-refractivity contribution in [1.82, 2.24) is 0 Å². The lowest BCUT2D eigenvalue weighted by Crippen LogP contribution is -2.13. The fourth-order valence-electron chi connectivity index (χ4n) is 1.81. The molecular weight excluding hydrogens is 285 g/mol. The molecule has 0 spiro atoms. The minimum atomic E-state index is -0.760. The number of aliphatic hydroxyl groups excluding tert-OH is 1. The fraction of sp³-hybridized carbons (Fsp3) is 0.200. The Kier molecular flexibility index (Phi) is 5.09. The van der Waals surface area contributed by atoms with Crippen LogP contribution in [0, 0.1) is 17.5 Å². The highest BCUT2D eigenvalue weighted by Gasteiger charge is 2.09. The van der Waals surface area contributed by atoms with Crippen molar-refractivity contribution in [3.63, 3.8) is 0 Å². The third kappa shape index (κ3) is 4.58. The number of thioether (sulfide) groups is 1. The Balaban J connectivity index is 1.90. The van der Waals surface area contributed by atoms with Gasteiger partial charge in [0.1, 0.15) is 17.5 Å². The highest BCUT2D eigenvalue weighted by Crippen LogP contribution is 2.21. The zero-order chi connectivity index (χ0) is 14.5. The predicted octanol–water partition coefficient (Wildman–Crippen LogP) is 3.80. The summed E-state index contributed by atoms with van der Waals surface area (Å²) in [6, 6.07) is 9.22. The van der Waals surface area contributed by atoms with Gasteiger partial charge in [0.2, 0.25) is 0 Å². The van der Waals surface area contributed by atoms with Crippen LogP contribution in [0.5, 0.6) is 0 Å². The van der Waals surface area contributed by atoms with Crippen molar-refractivity contribution in [3.8, 4) is 0 Å². The standard InChI is InChI=1S/C15H13F3OS/c16-11-2-1-3-15(8-11)20-9-14(19)6-10-4-12(17)7-13(18)5-10/h1-5,7-8,14,19H,6,9H2. The van der Waals surface area contributed by atoms with Crippen LogP contribution < -0.4 is 0 Å². The van der Waals surface area contributed by atoms with Crippen molar-refractivity contribution >= 4 is 11.8 Å². The first-order chi connectivity index (χ1) is 9.52. The van der Waals surface area contributed by atoms with Crippen molar-refractivity contribution in [2.45, 2.75) is 17.4 Å². The third-order valence-corrected chi connectivity index (χ3v) is 3.77. The quantitative estimate of drug-likeness (QED) is 0.847. The van der Waals surface area contributed by atoms with Gasteiger partial charge in [-0.25, -0.2) is 13.2 Å². The van der Waals surface area contributed by atoms with E-state index < -0.39 is 17.7 Å². The topological polar surface area (TPSA) is 20.2 Å². The number of hydrogen-bond donors (Lipinski definition) is 1. The van der Waals surface area contributed by atoms with Gasteiger partial charge in [0.15, 0.2) is 0 Å². The smallest absolute Gasteiger partial charge is 0.126 e. The van der Waals surface area contributed by atoms with E-state index in [9.17, 15) is 18.3 Å². The van der Waals surface area contributed by atoms with E-state index in [0.717, 1.165) is 6.07 Å². The normalized spacial score (nSPS) is 12.4. The molecule has 1 atom stereocenters. The minimum absolute atomic E-state index is 0.150. The average Bonchev–Trinajstić information content (AvgIpc) is 2.35. The molecule has 0 saturated heterocycles. The molecule has 2 aromatic rings. The van der Waals surface area contributed by atoms with Gasteiger partial charge >= 0.3 is 0 Å². The number of hydrogen-bond acceptors (Lipinski definition) is 2. The molecule has 20 heavy (non-hydrogen) atoms. The van der Waals surface area contributed by atoms with Crippen LogP contribution in [0.2, 0.25) is 0 Å². The molecule has 0 amide bonds. The summed E-state index contributed by atoms with van der Waals surface area (Å²) in [7, 11) is 0. The SMILES string of the molecule is OC(CSc1cccc(F)c1)Cc1cc(F)cc(F)c1. The Labute approximate surface area is 119 Å². The van der Waals surface area contributed by atoms with E-state index >= 15 is 0 Å². The zero-order valence-corrected chi connectivity index (χ0v) is 11.3. The number of rotatable bonds is 5. The molecule has 0 aromatic heterocycles. The highest BCUT2D eigenvalue weighted by molar-refractivity contribution is 7.99. The lowest BCUT2D eigenvalue weighted by molar-refractivity contribution is 0.200. The van der Waals surface area contributed by atoms with Crippen LogP contribution in [-0.4, -0.2) is 17.0 Å². The molecule has 106 valence electrons. The largest absolute Gasteiger partial charge is 0.392 e. The van der Waals surface area contributed by atoms with E-state index in [4.69, 9.17) is 0 Å². The minimum Gasteiger partial charge on any atom is -0.392 e. The Hall–Kier alpha value is -1.46. The van der Waals surface area contributed by atoms with Gasteiger partial charge in [0.25, 0.3) is 0 Å². The summed E-state index contributed by atoms with van der Waals surface area (Å²) in [4.78, 5) is 0.703. The van der Waals surface area contributed by atoms with Gasteiger partial charge in [-0.3, -0.25) is 0 Å². The van der Waals surface area contributed by atoms with Crippen LogP contribution in [0.4, 0.5) is 13.2 Å². The summed E-state index contributed by atoms with van der Waals surface area (Å²) in [6.45, 7) is 0. The molecule has 0 aliphatic rings. The maximum atomic E-state index is 13.0. The lowest BCUT2D eigenvalue weighted by Gasteiger charge is -2.10. The van der Waals surface area contributed by atoms with Crippen LogP contribution in [0.3, 0.4) is 0 Å². The molecule has 5 heteroatoms. The molecule has 2 aromatic carbocycles. The van der Waals surface area contributed by atoms with Gasteiger partial charge in [0, 0.05) is 16.7 Å². The van der Waals surface area contributed by atoms with Crippen LogP contribution in [-0.2, 0) is 6.42 Å². The summed E-state index contributed by atoms with van der Waals surface area (Å²) < 4.78 is 39.0. The van der Waals surface area contributed by atoms with Gasteiger partial charge in [-0.2, -0.15) is 0 Å². The summed E-state index contributed by atoms with van der Waals surface area (Å²) in [6.07, 6.45) is -0.610. The summed E-state index contributed by atoms with van der Waals surface area (Å²) in [5.74, 6) is -1.34. The van der Waals surface area contributed by atoms with Gasteiger partial charge in [0.05, 0.1) is 6.10 Å². The van der Waals surface area contributed by atoms with E-state index in [0.29, 0.717) is 16.2 Å². The van der Waals surface area contributed by atoms with Gasteiger partial charge in [-0.1, -0.05) is 6.07 Å². The molecular formula is C15H13F3OS. The van der Waals surface area contributed by atoms with Crippen molar-refractivity contribution in [2.24, 2.45) is 0 Å². The van der Waals surface area contributed by atoms with E-state index in [-0.39, 0.29) is 12.2 Å². The van der Waals surface area contributed by atoms with E-state index in [1.54, 1.807) is 12.1 Å². The Morgan fingerprint density at radius 1 is 0.950 bits per heavy atom. The first-order valence-electron chi connectivity index (χ1n) is 6.04. The van der Waals surface area contributed by atoms with Gasteiger partial charge in [-0.05, 0) is 42.3 Å². The second-order valence-corrected chi connectivity index (χ2v) is 5.50. The van der Waals surface area contributed by atoms with E-state index in [1.807, 2.05) is 0 Å². The second-order valence-electron chi connectivity index (χ2n) is 4.40. The molecule has 0 saturated carbocycles. The molecule has 0 radical (unpaired) electrons. The number of benzene rings is 2. The van der Waals surface area contributed by atoms with Crippen molar-refractivity contribution in [2.75, 3.05) is 5.75 Å². The molecule has 0 fully saturated rings. The summed E-state index contributed by atoms with van der Waals surface area (Å²) in [5.41, 5.74) is 0.398. The molecule has 2 rings (SSSR count). The summed E-state index contributed by atoms with van der Waals surface area (Å²) >= 11 is 1.29. The monoisotopic (exact) mass is 298 g/mol. The van der Waals surface area contributed by atoms with E-state index in [1.165, 1.54) is 36.0 Å². The van der Waals surface area contributed by atoms with Gasteiger partial charge in [-0.15, -0.1) is 11.8 Å². The Morgan fingerprint density at radius 2 is 1.65 bits per heavy atom. The van der Waals surface area contributed by atoms with Crippen LogP contribution in [0.25, 0.3) is 0 Å². The van der Waals surface area contributed by atoms with Crippen molar-refractivity contribution in [3.05, 3.63) is 65.5 Å². The third-order valence-electron chi connectivity index (χ3n) is 2.63. The van der Waals surface area contributed by atoms with Crippen LogP contribution in [0.1, 0.15) is 5.56 Å². The zero-order valence-electron chi connectivity index (χ0n) is 10.5. The lowest BCUT2D eigenvalue weighted by atomic mass is 10.1. The van der Waals surface area contributed by atoms with E-state index in [2.05, 4.69) is 0 Å². The highest BCUT2D eigenvalue weighted by atomic mass is 32.2. The maximum absolute atomic E-state index is 13.0. The van der Waals surface area contributed by atoms with Crippen molar-refractivity contribution < 1.29 is 18.3 Å².